The molecule has 40 heavy (non-hydrogen) atoms. The molecule has 0 unspecified atom stereocenters. The summed E-state index contributed by atoms with van der Waals surface area (Å²) in [6.45, 7) is 2.72. The van der Waals surface area contributed by atoms with E-state index < -0.39 is 5.97 Å². The molecule has 2 N–H and O–H groups in total. The van der Waals surface area contributed by atoms with E-state index in [4.69, 9.17) is 11.6 Å². The summed E-state index contributed by atoms with van der Waals surface area (Å²) in [4.78, 5) is 40.2. The summed E-state index contributed by atoms with van der Waals surface area (Å²) in [6.07, 6.45) is 0.434. The van der Waals surface area contributed by atoms with Gasteiger partial charge in [-0.1, -0.05) is 90.5 Å². The summed E-state index contributed by atoms with van der Waals surface area (Å²) in [7, 11) is 0. The molecule has 4 rings (SSSR count). The molecule has 0 fully saturated rings. The van der Waals surface area contributed by atoms with E-state index in [0.29, 0.717) is 40.2 Å². The van der Waals surface area contributed by atoms with Crippen LogP contribution in [0.15, 0.2) is 97.1 Å². The van der Waals surface area contributed by atoms with Gasteiger partial charge in [0.25, 0.3) is 11.8 Å². The molecule has 0 aliphatic heterocycles. The van der Waals surface area contributed by atoms with Gasteiger partial charge >= 0.3 is 5.97 Å². The van der Waals surface area contributed by atoms with Crippen LogP contribution < -0.4 is 5.32 Å². The highest BCUT2D eigenvalue weighted by molar-refractivity contribution is 6.31. The maximum atomic E-state index is 13.9. The zero-order valence-electron chi connectivity index (χ0n) is 22.3. The standard InChI is InChI=1S/C33H31ClN2O4/c1-23-10-2-3-11-24(23)18-20-36(21-19-31(37)38)33(40)29-16-8-6-14-27(29)26-13-5-7-15-28(26)32(39)35-22-25-12-4-9-17-30(25)34/h2-17H,18-22H2,1H3,(H,35,39)(H,37,38). The van der Waals surface area contributed by atoms with Crippen LogP contribution in [0.4, 0.5) is 0 Å². The van der Waals surface area contributed by atoms with Gasteiger partial charge in [-0.15, -0.1) is 0 Å². The van der Waals surface area contributed by atoms with Gasteiger partial charge in [-0.25, -0.2) is 0 Å². The highest BCUT2D eigenvalue weighted by atomic mass is 35.5. The van der Waals surface area contributed by atoms with Gasteiger partial charge in [-0.05, 0) is 59.4 Å². The van der Waals surface area contributed by atoms with Crippen molar-refractivity contribution >= 4 is 29.4 Å². The second-order valence-electron chi connectivity index (χ2n) is 9.48. The predicted octanol–water partition coefficient (Wildman–Crippen LogP) is 6.41. The molecule has 0 bridgehead atoms. The summed E-state index contributed by atoms with van der Waals surface area (Å²) in [5, 5.41) is 12.8. The van der Waals surface area contributed by atoms with Crippen molar-refractivity contribution in [3.8, 4) is 11.1 Å². The lowest BCUT2D eigenvalue weighted by molar-refractivity contribution is -0.137. The maximum absolute atomic E-state index is 13.9. The summed E-state index contributed by atoms with van der Waals surface area (Å²) in [5.41, 5.74) is 5.06. The van der Waals surface area contributed by atoms with Crippen LogP contribution in [0.5, 0.6) is 0 Å². The van der Waals surface area contributed by atoms with Gasteiger partial charge in [-0.3, -0.25) is 14.4 Å². The minimum atomic E-state index is -0.970. The molecule has 0 saturated carbocycles. The molecular weight excluding hydrogens is 524 g/mol. The van der Waals surface area contributed by atoms with Crippen LogP contribution in [0.1, 0.15) is 43.8 Å². The number of carboxylic acid groups (broad SMARTS) is 1. The topological polar surface area (TPSA) is 86.7 Å². The van der Waals surface area contributed by atoms with Gasteiger partial charge in [0.2, 0.25) is 0 Å². The van der Waals surface area contributed by atoms with Crippen molar-refractivity contribution in [1.82, 2.24) is 10.2 Å². The Kier molecular flexibility index (Phi) is 9.71. The number of halogens is 1. The van der Waals surface area contributed by atoms with Crippen LogP contribution in [-0.4, -0.2) is 40.9 Å². The first-order chi connectivity index (χ1) is 19.3. The number of carboxylic acids is 1. The van der Waals surface area contributed by atoms with Crippen LogP contribution in [0.3, 0.4) is 0 Å². The van der Waals surface area contributed by atoms with Gasteiger partial charge in [0.15, 0.2) is 0 Å². The number of carbonyl (C=O) groups is 3. The molecule has 0 aromatic heterocycles. The molecule has 0 radical (unpaired) electrons. The summed E-state index contributed by atoms with van der Waals surface area (Å²) >= 11 is 6.25. The SMILES string of the molecule is Cc1ccccc1CCN(CCC(=O)O)C(=O)c1ccccc1-c1ccccc1C(=O)NCc1ccccc1Cl. The summed E-state index contributed by atoms with van der Waals surface area (Å²) < 4.78 is 0. The van der Waals surface area contributed by atoms with Gasteiger partial charge in [0.05, 0.1) is 6.42 Å². The number of nitrogens with one attached hydrogen (secondary N) is 1. The van der Waals surface area contributed by atoms with Crippen LogP contribution in [-0.2, 0) is 17.8 Å². The first-order valence-corrected chi connectivity index (χ1v) is 13.5. The van der Waals surface area contributed by atoms with E-state index in [9.17, 15) is 19.5 Å². The molecule has 0 heterocycles. The molecule has 0 aliphatic carbocycles. The number of hydrogen-bond donors (Lipinski definition) is 2. The first-order valence-electron chi connectivity index (χ1n) is 13.1. The molecule has 6 nitrogen and oxygen atoms in total. The Morgan fingerprint density at radius 1 is 0.750 bits per heavy atom. The second kappa shape index (κ2) is 13.6. The average Bonchev–Trinajstić information content (AvgIpc) is 2.97. The molecule has 0 saturated heterocycles. The largest absolute Gasteiger partial charge is 0.481 e. The van der Waals surface area contributed by atoms with E-state index in [1.165, 1.54) is 0 Å². The summed E-state index contributed by atoms with van der Waals surface area (Å²) in [5.74, 6) is -1.54. The fraction of sp³-hybridized carbons (Fsp3) is 0.182. The first kappa shape index (κ1) is 28.6. The van der Waals surface area contributed by atoms with Gasteiger partial charge in [0, 0.05) is 35.8 Å². The normalized spacial score (nSPS) is 10.7. The second-order valence-corrected chi connectivity index (χ2v) is 9.88. The highest BCUT2D eigenvalue weighted by Crippen LogP contribution is 2.29. The van der Waals surface area contributed by atoms with Crippen molar-refractivity contribution in [1.29, 1.82) is 0 Å². The van der Waals surface area contributed by atoms with Crippen molar-refractivity contribution in [2.45, 2.75) is 26.3 Å². The number of carbonyl (C=O) groups excluding carboxylic acids is 2. The van der Waals surface area contributed by atoms with Crippen molar-refractivity contribution in [2.24, 2.45) is 0 Å². The van der Waals surface area contributed by atoms with Crippen LogP contribution >= 0.6 is 11.6 Å². The van der Waals surface area contributed by atoms with E-state index in [1.54, 1.807) is 35.2 Å². The van der Waals surface area contributed by atoms with Crippen molar-refractivity contribution < 1.29 is 19.5 Å². The molecule has 204 valence electrons. The van der Waals surface area contributed by atoms with Gasteiger partial charge in [0.1, 0.15) is 0 Å². The average molecular weight is 555 g/mol. The Balaban J connectivity index is 1.62. The number of rotatable bonds is 11. The smallest absolute Gasteiger partial charge is 0.305 e. The Hall–Kier alpha value is -4.42. The monoisotopic (exact) mass is 554 g/mol. The van der Waals surface area contributed by atoms with Crippen LogP contribution in [0.25, 0.3) is 11.1 Å². The molecule has 2 amide bonds. The molecular formula is C33H31ClN2O4. The number of hydrogen-bond acceptors (Lipinski definition) is 3. The van der Waals surface area contributed by atoms with E-state index in [0.717, 1.165) is 16.7 Å². The van der Waals surface area contributed by atoms with Crippen LogP contribution in [0, 0.1) is 6.92 Å². The quantitative estimate of drug-likeness (QED) is 0.224. The highest BCUT2D eigenvalue weighted by Gasteiger charge is 2.23. The minimum absolute atomic E-state index is 0.0777. The minimum Gasteiger partial charge on any atom is -0.481 e. The number of aliphatic carboxylic acids is 1. The fourth-order valence-electron chi connectivity index (χ4n) is 4.59. The Bertz CT molecular complexity index is 1520. The lowest BCUT2D eigenvalue weighted by Crippen LogP contribution is -2.35. The number of amides is 2. The van der Waals surface area contributed by atoms with E-state index >= 15 is 0 Å². The van der Waals surface area contributed by atoms with E-state index in [1.807, 2.05) is 73.7 Å². The van der Waals surface area contributed by atoms with Crippen LogP contribution in [0.2, 0.25) is 5.02 Å². The van der Waals surface area contributed by atoms with Gasteiger partial charge < -0.3 is 15.3 Å². The molecule has 7 heteroatoms. The molecule has 4 aromatic carbocycles. The van der Waals surface area contributed by atoms with E-state index in [-0.39, 0.29) is 31.3 Å². The third-order valence-corrected chi connectivity index (χ3v) is 7.18. The molecule has 4 aromatic rings. The molecule has 0 spiro atoms. The van der Waals surface area contributed by atoms with Gasteiger partial charge in [-0.2, -0.15) is 0 Å². The number of benzene rings is 4. The van der Waals surface area contributed by atoms with Crippen molar-refractivity contribution in [2.75, 3.05) is 13.1 Å². The fourth-order valence-corrected chi connectivity index (χ4v) is 4.80. The molecule has 0 atom stereocenters. The zero-order valence-corrected chi connectivity index (χ0v) is 23.0. The third-order valence-electron chi connectivity index (χ3n) is 6.81. The van der Waals surface area contributed by atoms with E-state index in [2.05, 4.69) is 5.32 Å². The Labute approximate surface area is 239 Å². The lowest BCUT2D eigenvalue weighted by atomic mass is 9.94. The lowest BCUT2D eigenvalue weighted by Gasteiger charge is -2.24. The maximum Gasteiger partial charge on any atom is 0.305 e. The third kappa shape index (κ3) is 7.16. The van der Waals surface area contributed by atoms with Crippen molar-refractivity contribution in [3.63, 3.8) is 0 Å². The Morgan fingerprint density at radius 3 is 2.00 bits per heavy atom. The number of nitrogens with zero attached hydrogens (tertiary/aromatic N) is 1. The zero-order chi connectivity index (χ0) is 28.5. The van der Waals surface area contributed by atoms with Crippen molar-refractivity contribution in [3.05, 3.63) is 130 Å². The Morgan fingerprint density at radius 2 is 1.32 bits per heavy atom. The predicted molar refractivity (Wildman–Crippen MR) is 158 cm³/mol. The molecule has 0 aliphatic rings. The number of aryl methyl sites for hydroxylation is 1. The summed E-state index contributed by atoms with van der Waals surface area (Å²) in [6, 6.07) is 29.5.